The third-order valence-electron chi connectivity index (χ3n) is 5.14. The lowest BCUT2D eigenvalue weighted by Crippen LogP contribution is -2.37. The van der Waals surface area contributed by atoms with E-state index in [4.69, 9.17) is 0 Å². The van der Waals surface area contributed by atoms with Crippen LogP contribution in [0.1, 0.15) is 34.8 Å². The Morgan fingerprint density at radius 3 is 2.74 bits per heavy atom. The van der Waals surface area contributed by atoms with Gasteiger partial charge in [0.1, 0.15) is 0 Å². The van der Waals surface area contributed by atoms with Crippen molar-refractivity contribution in [2.24, 2.45) is 0 Å². The molecule has 0 aliphatic carbocycles. The van der Waals surface area contributed by atoms with Crippen molar-refractivity contribution in [1.82, 2.24) is 9.55 Å². The minimum Gasteiger partial charge on any atom is -0.316 e. The maximum Gasteiger partial charge on any atom is 0.316 e. The Balaban J connectivity index is 1.80. The van der Waals surface area contributed by atoms with E-state index in [2.05, 4.69) is 11.1 Å². The van der Waals surface area contributed by atoms with E-state index < -0.39 is 11.1 Å². The normalized spacial score (nSPS) is 13.6. The van der Waals surface area contributed by atoms with Crippen LogP contribution in [-0.4, -0.2) is 22.0 Å². The summed E-state index contributed by atoms with van der Waals surface area (Å²) < 4.78 is 1.42. The Hall–Kier alpha value is -3.15. The molecule has 0 atom stereocenters. The van der Waals surface area contributed by atoms with Crippen LogP contribution in [0.5, 0.6) is 0 Å². The number of aromatic amines is 1. The molecule has 1 aliphatic heterocycles. The molecule has 0 saturated carbocycles. The van der Waals surface area contributed by atoms with Crippen molar-refractivity contribution in [3.05, 3.63) is 73.8 Å². The molecule has 27 heavy (non-hydrogen) atoms. The second kappa shape index (κ2) is 6.54. The van der Waals surface area contributed by atoms with Crippen molar-refractivity contribution in [2.75, 3.05) is 11.4 Å². The Morgan fingerprint density at radius 1 is 1.15 bits per heavy atom. The Morgan fingerprint density at radius 2 is 1.96 bits per heavy atom. The second-order valence-corrected chi connectivity index (χ2v) is 6.93. The highest BCUT2D eigenvalue weighted by Gasteiger charge is 2.24. The molecule has 3 aromatic rings. The number of H-pyrrole nitrogens is 1. The molecule has 0 radical (unpaired) electrons. The molecule has 0 bridgehead atoms. The first-order valence-corrected chi connectivity index (χ1v) is 9.18. The number of aryl methyl sites for hydroxylation is 3. The number of carbonyl (C=O) groups is 1. The first-order chi connectivity index (χ1) is 13.0. The van der Waals surface area contributed by atoms with Crippen molar-refractivity contribution in [3.8, 4) is 0 Å². The molecule has 1 amide bonds. The van der Waals surface area contributed by atoms with E-state index in [-0.39, 0.29) is 5.91 Å². The zero-order valence-electron chi connectivity index (χ0n) is 15.4. The van der Waals surface area contributed by atoms with Gasteiger partial charge in [-0.25, -0.2) is 0 Å². The van der Waals surface area contributed by atoms with E-state index >= 15 is 0 Å². The standard InChI is InChI=1S/C21H21N3O3/c1-3-23-18-9-7-15(12-16(18)22-19(25)21(23)27)20(26)24-10-4-5-14-11-13(2)6-8-17(14)24/h6-9,11-12H,3-5,10H2,1-2H3,(H,22,25). The molecule has 0 saturated heterocycles. The van der Waals surface area contributed by atoms with Gasteiger partial charge in [-0.15, -0.1) is 0 Å². The summed E-state index contributed by atoms with van der Waals surface area (Å²) in [5.41, 5.74) is 3.67. The monoisotopic (exact) mass is 363 g/mol. The predicted molar refractivity (Wildman–Crippen MR) is 106 cm³/mol. The van der Waals surface area contributed by atoms with Crippen LogP contribution >= 0.6 is 0 Å². The molecule has 0 fully saturated rings. The molecule has 1 aromatic heterocycles. The average molecular weight is 363 g/mol. The summed E-state index contributed by atoms with van der Waals surface area (Å²) in [4.78, 5) is 41.5. The van der Waals surface area contributed by atoms with Gasteiger partial charge in [-0.3, -0.25) is 14.4 Å². The molecule has 0 spiro atoms. The summed E-state index contributed by atoms with van der Waals surface area (Å²) in [7, 11) is 0. The Labute approximate surface area is 156 Å². The Bertz CT molecular complexity index is 1170. The molecule has 2 aromatic carbocycles. The number of anilines is 1. The molecule has 4 rings (SSSR count). The number of hydrogen-bond donors (Lipinski definition) is 1. The van der Waals surface area contributed by atoms with Crippen molar-refractivity contribution >= 4 is 22.6 Å². The maximum atomic E-state index is 13.2. The largest absolute Gasteiger partial charge is 0.316 e. The Kier molecular flexibility index (Phi) is 4.18. The molecule has 0 unspecified atom stereocenters. The molecular formula is C21H21N3O3. The lowest BCUT2D eigenvalue weighted by Gasteiger charge is -2.30. The average Bonchev–Trinajstić information content (AvgIpc) is 2.67. The van der Waals surface area contributed by atoms with Crippen LogP contribution in [0.15, 0.2) is 46.0 Å². The molecule has 6 heteroatoms. The summed E-state index contributed by atoms with van der Waals surface area (Å²) in [6, 6.07) is 11.3. The van der Waals surface area contributed by atoms with Gasteiger partial charge in [0.25, 0.3) is 5.91 Å². The van der Waals surface area contributed by atoms with E-state index in [0.29, 0.717) is 29.7 Å². The van der Waals surface area contributed by atoms with Gasteiger partial charge in [-0.2, -0.15) is 0 Å². The van der Waals surface area contributed by atoms with Crippen LogP contribution in [0.25, 0.3) is 11.0 Å². The number of benzene rings is 2. The summed E-state index contributed by atoms with van der Waals surface area (Å²) in [6.45, 7) is 4.92. The lowest BCUT2D eigenvalue weighted by molar-refractivity contribution is 0.0985. The smallest absolute Gasteiger partial charge is 0.316 e. The van der Waals surface area contributed by atoms with Crippen LogP contribution in [0.3, 0.4) is 0 Å². The summed E-state index contributed by atoms with van der Waals surface area (Å²) in [5.74, 6) is -0.100. The third kappa shape index (κ3) is 2.87. The molecule has 1 aliphatic rings. The van der Waals surface area contributed by atoms with Gasteiger partial charge in [-0.1, -0.05) is 17.7 Å². The van der Waals surface area contributed by atoms with Crippen LogP contribution in [0.2, 0.25) is 0 Å². The lowest BCUT2D eigenvalue weighted by atomic mass is 9.98. The topological polar surface area (TPSA) is 75.2 Å². The number of nitrogens with zero attached hydrogens (tertiary/aromatic N) is 2. The fourth-order valence-corrected chi connectivity index (χ4v) is 3.82. The summed E-state index contributed by atoms with van der Waals surface area (Å²) in [6.07, 6.45) is 1.89. The summed E-state index contributed by atoms with van der Waals surface area (Å²) in [5, 5.41) is 0. The van der Waals surface area contributed by atoms with Crippen molar-refractivity contribution in [3.63, 3.8) is 0 Å². The zero-order valence-corrected chi connectivity index (χ0v) is 15.4. The number of amides is 1. The van der Waals surface area contributed by atoms with Crippen LogP contribution < -0.4 is 16.0 Å². The van der Waals surface area contributed by atoms with Crippen molar-refractivity contribution in [2.45, 2.75) is 33.2 Å². The number of hydrogen-bond acceptors (Lipinski definition) is 3. The molecule has 6 nitrogen and oxygen atoms in total. The fraction of sp³-hybridized carbons (Fsp3) is 0.286. The molecule has 138 valence electrons. The van der Waals surface area contributed by atoms with Crippen molar-refractivity contribution < 1.29 is 4.79 Å². The third-order valence-corrected chi connectivity index (χ3v) is 5.14. The quantitative estimate of drug-likeness (QED) is 0.711. The van der Waals surface area contributed by atoms with E-state index in [1.54, 1.807) is 23.1 Å². The van der Waals surface area contributed by atoms with Gasteiger partial charge in [0.05, 0.1) is 11.0 Å². The van der Waals surface area contributed by atoms with Gasteiger partial charge in [-0.05, 0) is 56.5 Å². The van der Waals surface area contributed by atoms with Crippen LogP contribution in [0, 0.1) is 6.92 Å². The number of aromatic nitrogens is 2. The second-order valence-electron chi connectivity index (χ2n) is 6.93. The molecule has 2 heterocycles. The fourth-order valence-electron chi connectivity index (χ4n) is 3.82. The van der Waals surface area contributed by atoms with Crippen LogP contribution in [-0.2, 0) is 13.0 Å². The highest BCUT2D eigenvalue weighted by molar-refractivity contribution is 6.08. The number of fused-ring (bicyclic) bond motifs is 2. The minimum atomic E-state index is -0.673. The van der Waals surface area contributed by atoms with Gasteiger partial charge < -0.3 is 14.5 Å². The number of nitrogens with one attached hydrogen (secondary N) is 1. The number of carbonyl (C=O) groups excluding carboxylic acids is 1. The first-order valence-electron chi connectivity index (χ1n) is 9.18. The minimum absolute atomic E-state index is 0.100. The summed E-state index contributed by atoms with van der Waals surface area (Å²) >= 11 is 0. The maximum absolute atomic E-state index is 13.2. The van der Waals surface area contributed by atoms with E-state index in [1.807, 2.05) is 26.0 Å². The van der Waals surface area contributed by atoms with E-state index in [0.717, 1.165) is 18.5 Å². The van der Waals surface area contributed by atoms with Gasteiger partial charge in [0.15, 0.2) is 0 Å². The van der Waals surface area contributed by atoms with E-state index in [1.165, 1.54) is 15.7 Å². The first kappa shape index (κ1) is 17.3. The van der Waals surface area contributed by atoms with E-state index in [9.17, 15) is 14.4 Å². The van der Waals surface area contributed by atoms with Gasteiger partial charge in [0, 0.05) is 24.3 Å². The number of rotatable bonds is 2. The molecule has 1 N–H and O–H groups in total. The van der Waals surface area contributed by atoms with Crippen LogP contribution in [0.4, 0.5) is 5.69 Å². The van der Waals surface area contributed by atoms with Gasteiger partial charge >= 0.3 is 11.1 Å². The highest BCUT2D eigenvalue weighted by atomic mass is 16.2. The SMILES string of the molecule is CCn1c(=O)c(=O)[nH]c2cc(C(=O)N3CCCc4cc(C)ccc43)ccc21. The molecular weight excluding hydrogens is 342 g/mol. The predicted octanol–water partition coefficient (Wildman–Crippen LogP) is 2.61. The zero-order chi connectivity index (χ0) is 19.1. The van der Waals surface area contributed by atoms with Crippen molar-refractivity contribution in [1.29, 1.82) is 0 Å². The highest BCUT2D eigenvalue weighted by Crippen LogP contribution is 2.29. The van der Waals surface area contributed by atoms with Gasteiger partial charge in [0.2, 0.25) is 0 Å².